The molecule has 0 bridgehead atoms. The summed E-state index contributed by atoms with van der Waals surface area (Å²) in [6, 6.07) is 64.8. The van der Waals surface area contributed by atoms with Gasteiger partial charge in [0, 0.05) is 62.4 Å². The first-order chi connectivity index (χ1) is 28.2. The predicted octanol–water partition coefficient (Wildman–Crippen LogP) is 15.4. The number of thiophene rings is 2. The summed E-state index contributed by atoms with van der Waals surface area (Å²) in [5, 5.41) is 6.14. The molecule has 57 heavy (non-hydrogen) atoms. The Labute approximate surface area is 335 Å². The second kappa shape index (κ2) is 12.8. The van der Waals surface area contributed by atoms with Gasteiger partial charge in [-0.3, -0.25) is 0 Å². The number of rotatable bonds is 5. The molecule has 266 valence electrons. The zero-order chi connectivity index (χ0) is 37.5. The van der Waals surface area contributed by atoms with Crippen LogP contribution in [-0.4, -0.2) is 9.97 Å². The largest absolute Gasteiger partial charge is 0.451 e. The first-order valence-corrected chi connectivity index (χ1v) is 20.7. The van der Waals surface area contributed by atoms with Gasteiger partial charge in [0.25, 0.3) is 0 Å². The van der Waals surface area contributed by atoms with Gasteiger partial charge in [-0.05, 0) is 58.1 Å². The Morgan fingerprint density at radius 1 is 0.351 bits per heavy atom. The Bertz CT molecular complexity index is 3540. The van der Waals surface area contributed by atoms with Crippen molar-refractivity contribution in [1.29, 1.82) is 0 Å². The lowest BCUT2D eigenvalue weighted by Gasteiger charge is -2.09. The van der Waals surface area contributed by atoms with Crippen LogP contribution in [0, 0.1) is 0 Å². The molecule has 0 aliphatic rings. The minimum Gasteiger partial charge on any atom is -0.451 e. The van der Waals surface area contributed by atoms with Gasteiger partial charge in [0.05, 0.1) is 0 Å². The summed E-state index contributed by atoms with van der Waals surface area (Å²) < 4.78 is 12.1. The Balaban J connectivity index is 1.03. The lowest BCUT2D eigenvalue weighted by molar-refractivity contribution is 0.668. The van der Waals surface area contributed by atoms with Crippen LogP contribution in [0.4, 0.5) is 0 Å². The van der Waals surface area contributed by atoms with E-state index in [9.17, 15) is 0 Å². The van der Waals surface area contributed by atoms with Gasteiger partial charge >= 0.3 is 0 Å². The van der Waals surface area contributed by atoms with Gasteiger partial charge in [-0.15, -0.1) is 22.7 Å². The monoisotopic (exact) mass is 762 g/mol. The van der Waals surface area contributed by atoms with Crippen LogP contribution in [0.5, 0.6) is 0 Å². The number of fused-ring (bicyclic) bond motifs is 9. The van der Waals surface area contributed by atoms with Crippen molar-refractivity contribution in [3.8, 4) is 56.0 Å². The maximum atomic E-state index is 6.92. The SMILES string of the molecule is c1ccc(-c2nc(-c3cccc(-c4cccc5c4sc4ccccc45)c3)nc3c2oc2c(-c4cccc(-c5cccc6c5sc5ccccc56)c4)cccc23)cc1. The molecule has 0 saturated heterocycles. The summed E-state index contributed by atoms with van der Waals surface area (Å²) in [4.78, 5) is 10.6. The Kier molecular flexibility index (Phi) is 7.27. The first kappa shape index (κ1) is 32.3. The van der Waals surface area contributed by atoms with Crippen molar-refractivity contribution in [2.75, 3.05) is 0 Å². The van der Waals surface area contributed by atoms with Crippen LogP contribution < -0.4 is 0 Å². The Morgan fingerprint density at radius 3 is 1.47 bits per heavy atom. The fourth-order valence-electron chi connectivity index (χ4n) is 8.44. The normalized spacial score (nSPS) is 11.9. The molecular formula is C52H30N2OS2. The van der Waals surface area contributed by atoms with Gasteiger partial charge < -0.3 is 4.42 Å². The van der Waals surface area contributed by atoms with Crippen molar-refractivity contribution >= 4 is 85.1 Å². The molecule has 12 rings (SSSR count). The van der Waals surface area contributed by atoms with Crippen LogP contribution in [0.1, 0.15) is 0 Å². The summed E-state index contributed by atoms with van der Waals surface area (Å²) in [7, 11) is 0. The first-order valence-electron chi connectivity index (χ1n) is 19.1. The van der Waals surface area contributed by atoms with Crippen molar-refractivity contribution in [3.63, 3.8) is 0 Å². The molecule has 8 aromatic carbocycles. The second-order valence-corrected chi connectivity index (χ2v) is 16.6. The fraction of sp³-hybridized carbons (Fsp3) is 0. The van der Waals surface area contributed by atoms with Crippen molar-refractivity contribution in [1.82, 2.24) is 9.97 Å². The Morgan fingerprint density at radius 2 is 0.825 bits per heavy atom. The average molecular weight is 763 g/mol. The molecule has 0 atom stereocenters. The number of aromatic nitrogens is 2. The topological polar surface area (TPSA) is 38.9 Å². The molecule has 0 saturated carbocycles. The third-order valence-electron chi connectivity index (χ3n) is 11.1. The fourth-order valence-corrected chi connectivity index (χ4v) is 10.9. The van der Waals surface area contributed by atoms with E-state index in [1.54, 1.807) is 0 Å². The molecule has 0 amide bonds. The van der Waals surface area contributed by atoms with Gasteiger partial charge in [0.1, 0.15) is 16.8 Å². The van der Waals surface area contributed by atoms with Gasteiger partial charge in [0.2, 0.25) is 0 Å². The van der Waals surface area contributed by atoms with Crippen LogP contribution in [0.15, 0.2) is 186 Å². The summed E-state index contributed by atoms with van der Waals surface area (Å²) in [6.45, 7) is 0. The van der Waals surface area contributed by atoms with E-state index in [2.05, 4.69) is 164 Å². The van der Waals surface area contributed by atoms with Crippen molar-refractivity contribution in [2.24, 2.45) is 0 Å². The molecule has 0 unspecified atom stereocenters. The third kappa shape index (κ3) is 5.17. The summed E-state index contributed by atoms with van der Waals surface area (Å²) >= 11 is 3.70. The minimum atomic E-state index is 0.665. The molecule has 4 aromatic heterocycles. The third-order valence-corrected chi connectivity index (χ3v) is 13.6. The smallest absolute Gasteiger partial charge is 0.180 e. The zero-order valence-electron chi connectivity index (χ0n) is 30.4. The van der Waals surface area contributed by atoms with Gasteiger partial charge in [0.15, 0.2) is 11.4 Å². The highest BCUT2D eigenvalue weighted by molar-refractivity contribution is 7.26. The van der Waals surface area contributed by atoms with E-state index in [1.165, 1.54) is 57.0 Å². The number of furan rings is 1. The van der Waals surface area contributed by atoms with Gasteiger partial charge in [-0.25, -0.2) is 9.97 Å². The highest BCUT2D eigenvalue weighted by Crippen LogP contribution is 2.44. The maximum absolute atomic E-state index is 6.92. The number of para-hydroxylation sites is 1. The van der Waals surface area contributed by atoms with Crippen molar-refractivity contribution in [3.05, 3.63) is 182 Å². The molecule has 0 N–H and O–H groups in total. The molecule has 0 spiro atoms. The number of hydrogen-bond donors (Lipinski definition) is 0. The van der Waals surface area contributed by atoms with Gasteiger partial charge in [-0.2, -0.15) is 0 Å². The van der Waals surface area contributed by atoms with Crippen molar-refractivity contribution in [2.45, 2.75) is 0 Å². The minimum absolute atomic E-state index is 0.665. The molecule has 12 aromatic rings. The van der Waals surface area contributed by atoms with Crippen LogP contribution in [0.3, 0.4) is 0 Å². The average Bonchev–Trinajstić information content (AvgIpc) is 3.98. The maximum Gasteiger partial charge on any atom is 0.180 e. The summed E-state index contributed by atoms with van der Waals surface area (Å²) in [5.74, 6) is 0.665. The van der Waals surface area contributed by atoms with Gasteiger partial charge in [-0.1, -0.05) is 152 Å². The molecule has 4 heterocycles. The summed E-state index contributed by atoms with van der Waals surface area (Å²) in [5.41, 5.74) is 11.9. The number of hydrogen-bond acceptors (Lipinski definition) is 5. The van der Waals surface area contributed by atoms with E-state index in [1.807, 2.05) is 40.9 Å². The van der Waals surface area contributed by atoms with Crippen LogP contribution in [-0.2, 0) is 0 Å². The van der Waals surface area contributed by atoms with Crippen LogP contribution in [0.25, 0.3) is 118 Å². The lowest BCUT2D eigenvalue weighted by atomic mass is 9.97. The van der Waals surface area contributed by atoms with E-state index < -0.39 is 0 Å². The number of benzene rings is 8. The van der Waals surface area contributed by atoms with E-state index in [0.717, 1.165) is 50.0 Å². The highest BCUT2D eigenvalue weighted by atomic mass is 32.1. The molecule has 0 fully saturated rings. The second-order valence-electron chi connectivity index (χ2n) is 14.4. The highest BCUT2D eigenvalue weighted by Gasteiger charge is 2.21. The molecule has 3 nitrogen and oxygen atoms in total. The number of nitrogens with zero attached hydrogens (tertiary/aromatic N) is 2. The molecule has 0 radical (unpaired) electrons. The van der Waals surface area contributed by atoms with E-state index >= 15 is 0 Å². The molecular weight excluding hydrogens is 733 g/mol. The predicted molar refractivity (Wildman–Crippen MR) is 242 cm³/mol. The van der Waals surface area contributed by atoms with Crippen LogP contribution >= 0.6 is 22.7 Å². The quantitative estimate of drug-likeness (QED) is 0.175. The van der Waals surface area contributed by atoms with E-state index in [0.29, 0.717) is 11.4 Å². The lowest BCUT2D eigenvalue weighted by Crippen LogP contribution is -1.94. The molecule has 5 heteroatoms. The molecule has 0 aliphatic carbocycles. The van der Waals surface area contributed by atoms with Crippen molar-refractivity contribution < 1.29 is 4.42 Å². The Hall–Kier alpha value is -6.92. The summed E-state index contributed by atoms with van der Waals surface area (Å²) in [6.07, 6.45) is 0. The van der Waals surface area contributed by atoms with E-state index in [-0.39, 0.29) is 0 Å². The van der Waals surface area contributed by atoms with Crippen LogP contribution in [0.2, 0.25) is 0 Å². The zero-order valence-corrected chi connectivity index (χ0v) is 32.1. The van der Waals surface area contributed by atoms with E-state index in [4.69, 9.17) is 14.4 Å². The standard InChI is InChI=1S/C52H30N2OS2/c1-2-13-31(14-3-1)46-49-47(54-52(53-46)35-18-9-17-34(30-35)38-23-12-25-42-40-20-5-7-28-45(40)57-51(38)42)43-26-10-21-36(48(43)55-49)32-15-8-16-33(29-32)37-22-11-24-41-39-19-4-6-27-44(39)56-50(37)41/h1-30H. The molecule has 0 aliphatic heterocycles.